The maximum atomic E-state index is 12.2. The van der Waals surface area contributed by atoms with Crippen LogP contribution in [0, 0.1) is 0 Å². The molecular weight excluding hydrogens is 360 g/mol. The van der Waals surface area contributed by atoms with Crippen LogP contribution in [0.5, 0.6) is 0 Å². The van der Waals surface area contributed by atoms with Crippen LogP contribution in [0.4, 0.5) is 0 Å². The lowest BCUT2D eigenvalue weighted by Gasteiger charge is -2.05. The standard InChI is InChI=1S/C12H17BrN4O3S/c1-14-9-10-8-11(12(13)20-10)21(18,19)16-5-3-7-17-6-2-4-15-17/h2,4,6,8,14,16H,3,5,7,9H2,1H3. The molecule has 0 atom stereocenters. The Labute approximate surface area is 131 Å². The number of halogens is 1. The number of aryl methyl sites for hydroxylation is 1. The van der Waals surface area contributed by atoms with Gasteiger partial charge in [-0.25, -0.2) is 13.1 Å². The van der Waals surface area contributed by atoms with Crippen LogP contribution in [0.2, 0.25) is 0 Å². The van der Waals surface area contributed by atoms with Gasteiger partial charge in [0.25, 0.3) is 0 Å². The minimum absolute atomic E-state index is 0.117. The van der Waals surface area contributed by atoms with Gasteiger partial charge in [0.05, 0.1) is 6.54 Å². The number of nitrogens with one attached hydrogen (secondary N) is 2. The van der Waals surface area contributed by atoms with Crippen LogP contribution in [-0.4, -0.2) is 31.8 Å². The second kappa shape index (κ2) is 7.21. The van der Waals surface area contributed by atoms with Crippen molar-refractivity contribution >= 4 is 26.0 Å². The molecule has 0 aliphatic carbocycles. The summed E-state index contributed by atoms with van der Waals surface area (Å²) in [5.41, 5.74) is 0. The molecular formula is C12H17BrN4O3S. The minimum Gasteiger partial charge on any atom is -0.452 e. The van der Waals surface area contributed by atoms with E-state index in [-0.39, 0.29) is 9.56 Å². The Morgan fingerprint density at radius 2 is 2.29 bits per heavy atom. The van der Waals surface area contributed by atoms with Crippen LogP contribution in [0.25, 0.3) is 0 Å². The Morgan fingerprint density at radius 3 is 2.95 bits per heavy atom. The SMILES string of the molecule is CNCc1cc(S(=O)(=O)NCCCn2cccn2)c(Br)o1. The molecule has 2 aromatic heterocycles. The number of rotatable bonds is 8. The van der Waals surface area contributed by atoms with Crippen LogP contribution in [-0.2, 0) is 23.1 Å². The summed E-state index contributed by atoms with van der Waals surface area (Å²) in [5, 5.41) is 6.96. The van der Waals surface area contributed by atoms with Crippen LogP contribution in [0.3, 0.4) is 0 Å². The van der Waals surface area contributed by atoms with Crippen LogP contribution >= 0.6 is 15.9 Å². The molecule has 7 nitrogen and oxygen atoms in total. The lowest BCUT2D eigenvalue weighted by atomic mass is 10.4. The molecule has 2 heterocycles. The molecule has 9 heteroatoms. The molecule has 0 unspecified atom stereocenters. The smallest absolute Gasteiger partial charge is 0.244 e. The Morgan fingerprint density at radius 1 is 1.48 bits per heavy atom. The first-order chi connectivity index (χ1) is 10.0. The topological polar surface area (TPSA) is 89.2 Å². The van der Waals surface area contributed by atoms with Crippen molar-refractivity contribution in [2.75, 3.05) is 13.6 Å². The van der Waals surface area contributed by atoms with E-state index in [9.17, 15) is 8.42 Å². The van der Waals surface area contributed by atoms with Crippen molar-refractivity contribution in [1.82, 2.24) is 19.8 Å². The highest BCUT2D eigenvalue weighted by Crippen LogP contribution is 2.25. The average Bonchev–Trinajstić information content (AvgIpc) is 3.05. The van der Waals surface area contributed by atoms with Crippen LogP contribution in [0.15, 0.2) is 38.5 Å². The molecule has 0 saturated carbocycles. The highest BCUT2D eigenvalue weighted by molar-refractivity contribution is 9.10. The summed E-state index contributed by atoms with van der Waals surface area (Å²) in [4.78, 5) is 0.117. The summed E-state index contributed by atoms with van der Waals surface area (Å²) in [6.45, 7) is 1.46. The summed E-state index contributed by atoms with van der Waals surface area (Å²) in [6, 6.07) is 3.34. The zero-order valence-electron chi connectivity index (χ0n) is 11.5. The molecule has 0 aliphatic heterocycles. The third kappa shape index (κ3) is 4.40. The molecule has 2 rings (SSSR count). The molecule has 116 valence electrons. The summed E-state index contributed by atoms with van der Waals surface area (Å²) in [7, 11) is -1.82. The molecule has 0 amide bonds. The van der Waals surface area contributed by atoms with Crippen molar-refractivity contribution in [1.29, 1.82) is 0 Å². The first-order valence-corrected chi connectivity index (χ1v) is 8.70. The van der Waals surface area contributed by atoms with Gasteiger partial charge in [-0.05, 0) is 35.5 Å². The zero-order chi connectivity index (χ0) is 15.3. The molecule has 21 heavy (non-hydrogen) atoms. The number of furan rings is 1. The molecule has 0 spiro atoms. The van der Waals surface area contributed by atoms with Crippen molar-refractivity contribution in [3.05, 3.63) is 35.0 Å². The van der Waals surface area contributed by atoms with E-state index < -0.39 is 10.0 Å². The lowest BCUT2D eigenvalue weighted by Crippen LogP contribution is -2.25. The first kappa shape index (κ1) is 16.2. The molecule has 0 aromatic carbocycles. The Bertz CT molecular complexity index is 667. The van der Waals surface area contributed by atoms with E-state index in [1.54, 1.807) is 17.9 Å². The van der Waals surface area contributed by atoms with Gasteiger partial charge >= 0.3 is 0 Å². The zero-order valence-corrected chi connectivity index (χ0v) is 13.9. The summed E-state index contributed by atoms with van der Waals surface area (Å²) < 4.78 is 34.2. The normalized spacial score (nSPS) is 11.9. The Balaban J connectivity index is 1.91. The lowest BCUT2D eigenvalue weighted by molar-refractivity contribution is 0.470. The van der Waals surface area contributed by atoms with Gasteiger partial charge in [0.2, 0.25) is 10.0 Å². The minimum atomic E-state index is -3.58. The van der Waals surface area contributed by atoms with Crippen molar-refractivity contribution in [2.45, 2.75) is 24.4 Å². The van der Waals surface area contributed by atoms with E-state index in [2.05, 4.69) is 31.1 Å². The quantitative estimate of drug-likeness (QED) is 0.678. The van der Waals surface area contributed by atoms with Crippen molar-refractivity contribution < 1.29 is 12.8 Å². The third-order valence-electron chi connectivity index (χ3n) is 2.76. The number of hydrogen-bond donors (Lipinski definition) is 2. The highest BCUT2D eigenvalue weighted by atomic mass is 79.9. The van der Waals surface area contributed by atoms with E-state index >= 15 is 0 Å². The summed E-state index contributed by atoms with van der Waals surface area (Å²) >= 11 is 3.14. The van der Waals surface area contributed by atoms with Crippen LogP contribution in [0.1, 0.15) is 12.2 Å². The predicted octanol–water partition coefficient (Wildman–Crippen LogP) is 1.33. The largest absolute Gasteiger partial charge is 0.452 e. The highest BCUT2D eigenvalue weighted by Gasteiger charge is 2.21. The fourth-order valence-electron chi connectivity index (χ4n) is 1.80. The number of nitrogens with zero attached hydrogens (tertiary/aromatic N) is 2. The molecule has 0 radical (unpaired) electrons. The van der Waals surface area contributed by atoms with E-state index in [1.165, 1.54) is 6.07 Å². The van der Waals surface area contributed by atoms with Crippen molar-refractivity contribution in [2.24, 2.45) is 0 Å². The van der Waals surface area contributed by atoms with Crippen molar-refractivity contribution in [3.8, 4) is 0 Å². The first-order valence-electron chi connectivity index (χ1n) is 6.43. The average molecular weight is 377 g/mol. The van der Waals surface area contributed by atoms with Gasteiger partial charge in [-0.1, -0.05) is 0 Å². The van der Waals surface area contributed by atoms with Gasteiger partial charge in [0.1, 0.15) is 10.7 Å². The van der Waals surface area contributed by atoms with E-state index in [1.807, 2.05) is 12.3 Å². The number of aromatic nitrogens is 2. The van der Waals surface area contributed by atoms with E-state index in [4.69, 9.17) is 4.42 Å². The second-order valence-electron chi connectivity index (χ2n) is 4.40. The second-order valence-corrected chi connectivity index (χ2v) is 6.86. The molecule has 0 saturated heterocycles. The maximum Gasteiger partial charge on any atom is 0.244 e. The van der Waals surface area contributed by atoms with Gasteiger partial charge in [-0.2, -0.15) is 5.10 Å². The monoisotopic (exact) mass is 376 g/mol. The van der Waals surface area contributed by atoms with Crippen LogP contribution < -0.4 is 10.0 Å². The Hall–Kier alpha value is -1.16. The van der Waals surface area contributed by atoms with Gasteiger partial charge < -0.3 is 9.73 Å². The Kier molecular flexibility index (Phi) is 5.57. The van der Waals surface area contributed by atoms with Gasteiger partial charge in [-0.15, -0.1) is 0 Å². The van der Waals surface area contributed by atoms with Gasteiger partial charge in [0.15, 0.2) is 4.67 Å². The molecule has 0 fully saturated rings. The number of sulfonamides is 1. The van der Waals surface area contributed by atoms with Gasteiger partial charge in [0, 0.05) is 31.5 Å². The fraction of sp³-hybridized carbons (Fsp3) is 0.417. The summed E-state index contributed by atoms with van der Waals surface area (Å²) in [5.74, 6) is 0.557. The third-order valence-corrected chi connectivity index (χ3v) is 5.08. The fourth-order valence-corrected chi connectivity index (χ4v) is 3.87. The van der Waals surface area contributed by atoms with E-state index in [0.29, 0.717) is 31.8 Å². The molecule has 0 bridgehead atoms. The van der Waals surface area contributed by atoms with Gasteiger partial charge in [-0.3, -0.25) is 4.68 Å². The number of hydrogen-bond acceptors (Lipinski definition) is 5. The molecule has 2 aromatic rings. The van der Waals surface area contributed by atoms with E-state index in [0.717, 1.165) is 0 Å². The maximum absolute atomic E-state index is 12.2. The molecule has 0 aliphatic rings. The predicted molar refractivity (Wildman–Crippen MR) is 81.2 cm³/mol. The summed E-state index contributed by atoms with van der Waals surface area (Å²) in [6.07, 6.45) is 4.18. The molecule has 2 N–H and O–H groups in total. The van der Waals surface area contributed by atoms with Crippen molar-refractivity contribution in [3.63, 3.8) is 0 Å².